The zero-order chi connectivity index (χ0) is 39.5. The van der Waals surface area contributed by atoms with Crippen molar-refractivity contribution in [1.29, 1.82) is 0 Å². The van der Waals surface area contributed by atoms with Crippen LogP contribution in [0.1, 0.15) is 57.2 Å². The summed E-state index contributed by atoms with van der Waals surface area (Å²) < 4.78 is 59.0. The van der Waals surface area contributed by atoms with Crippen molar-refractivity contribution in [2.45, 2.75) is 63.7 Å². The van der Waals surface area contributed by atoms with Crippen LogP contribution in [0.5, 0.6) is 6.01 Å². The second-order valence-electron chi connectivity index (χ2n) is 14.0. The van der Waals surface area contributed by atoms with Crippen molar-refractivity contribution < 1.29 is 32.0 Å². The number of carbonyl (C=O) groups is 1. The quantitative estimate of drug-likeness (QED) is 0.155. The molecule has 296 valence electrons. The Morgan fingerprint density at radius 1 is 1.07 bits per heavy atom. The number of methoxy groups -OCH3 is 1. The summed E-state index contributed by atoms with van der Waals surface area (Å²) >= 11 is 6.32. The van der Waals surface area contributed by atoms with Gasteiger partial charge in [-0.3, -0.25) is 14.7 Å². The highest BCUT2D eigenvalue weighted by Crippen LogP contribution is 2.38. The molecule has 4 fully saturated rings. The summed E-state index contributed by atoms with van der Waals surface area (Å²) in [5, 5.41) is 5.17. The summed E-state index contributed by atoms with van der Waals surface area (Å²) in [6.45, 7) is 7.87. The molecule has 0 aliphatic carbocycles. The van der Waals surface area contributed by atoms with Crippen molar-refractivity contribution in [3.63, 3.8) is 0 Å². The third-order valence-corrected chi connectivity index (χ3v) is 11.0. The Hall–Kier alpha value is -4.86. The van der Waals surface area contributed by atoms with Gasteiger partial charge in [0, 0.05) is 68.1 Å². The van der Waals surface area contributed by atoms with Crippen LogP contribution in [0, 0.1) is 11.6 Å². The Morgan fingerprint density at radius 2 is 1.89 bits per heavy atom. The van der Waals surface area contributed by atoms with E-state index in [2.05, 4.69) is 30.0 Å². The van der Waals surface area contributed by atoms with Crippen LogP contribution in [0.4, 0.5) is 19.0 Å². The van der Waals surface area contributed by atoms with Crippen molar-refractivity contribution >= 4 is 51.1 Å². The number of carbonyl (C=O) groups excluding carboxylic acids is 1. The number of aromatic nitrogens is 5. The van der Waals surface area contributed by atoms with Crippen LogP contribution in [0.15, 0.2) is 47.1 Å². The van der Waals surface area contributed by atoms with Crippen molar-refractivity contribution in [2.24, 2.45) is 0 Å². The van der Waals surface area contributed by atoms with E-state index in [0.717, 1.165) is 13.0 Å². The molecule has 0 bridgehead atoms. The maximum absolute atomic E-state index is 16.3. The molecule has 4 saturated heterocycles. The highest BCUT2D eigenvalue weighted by Gasteiger charge is 2.35. The number of amides is 1. The van der Waals surface area contributed by atoms with Gasteiger partial charge in [-0.05, 0) is 43.7 Å². The average molecular weight is 793 g/mol. The third kappa shape index (κ3) is 7.89. The van der Waals surface area contributed by atoms with E-state index in [4.69, 9.17) is 25.6 Å². The number of pyridine rings is 1. The van der Waals surface area contributed by atoms with Crippen molar-refractivity contribution in [3.8, 4) is 17.3 Å². The van der Waals surface area contributed by atoms with E-state index in [0.29, 0.717) is 78.7 Å². The van der Waals surface area contributed by atoms with Crippen LogP contribution in [0.2, 0.25) is 5.02 Å². The SMILES string of the molecule is CC.COc1nc(N(C)C2CCN(C(=O)/C=C/c3nc(C4COC4)no3)C2)c2cnc(-c3cccc4ccc(F)c(Cl)c34)c(F)c2n1.FC1CC2CCCN2C1. The minimum Gasteiger partial charge on any atom is -0.467 e. The standard InChI is InChI=1S/C31H26ClF2N7O4.C7H12FN.C2H6/c1-40(18-10-11-41(13-18)23(42)9-8-22-36-29(39-45-22)17-14-44-15-17)30-20-12-35-27(26(34)28(20)37-31(38-30)43-2)19-5-3-4-16-6-7-21(33)25(32)24(16)19;8-6-4-7-2-1-3-9(7)5-6;1-2/h3-9,12,17-18H,10-11,13-15H2,1-2H3;6-7H,1-5H2;1-2H3/b9-8+;;. The van der Waals surface area contributed by atoms with Crippen molar-refractivity contribution in [1.82, 2.24) is 34.9 Å². The predicted octanol–water partition coefficient (Wildman–Crippen LogP) is 7.25. The van der Waals surface area contributed by atoms with Gasteiger partial charge >= 0.3 is 6.01 Å². The normalized spacial score (nSPS) is 20.8. The van der Waals surface area contributed by atoms with E-state index in [1.807, 2.05) is 25.8 Å². The highest BCUT2D eigenvalue weighted by atomic mass is 35.5. The minimum absolute atomic E-state index is 0.0144. The van der Waals surface area contributed by atoms with E-state index in [1.165, 1.54) is 44.4 Å². The summed E-state index contributed by atoms with van der Waals surface area (Å²) in [5.74, 6) is -0.213. The van der Waals surface area contributed by atoms with E-state index >= 15 is 4.39 Å². The molecule has 2 aromatic carbocycles. The molecule has 3 unspecified atom stereocenters. The smallest absolute Gasteiger partial charge is 0.318 e. The lowest BCUT2D eigenvalue weighted by Gasteiger charge is -2.27. The Morgan fingerprint density at radius 3 is 2.64 bits per heavy atom. The van der Waals surface area contributed by atoms with E-state index in [-0.39, 0.29) is 46.0 Å². The van der Waals surface area contributed by atoms with Crippen LogP contribution in [0.25, 0.3) is 39.0 Å². The first-order valence-electron chi connectivity index (χ1n) is 18.9. The van der Waals surface area contributed by atoms with Crippen LogP contribution in [-0.2, 0) is 9.53 Å². The molecule has 0 saturated carbocycles. The number of ether oxygens (including phenoxy) is 2. The summed E-state index contributed by atoms with van der Waals surface area (Å²) in [6, 6.07) is 8.40. The monoisotopic (exact) mass is 792 g/mol. The lowest BCUT2D eigenvalue weighted by atomic mass is 10.0. The number of nitrogens with zero attached hydrogens (tertiary/aromatic N) is 8. The fourth-order valence-electron chi connectivity index (χ4n) is 7.65. The largest absolute Gasteiger partial charge is 0.467 e. The number of fused-ring (bicyclic) bond motifs is 3. The number of rotatable bonds is 7. The number of alkyl halides is 1. The van der Waals surface area contributed by atoms with Gasteiger partial charge in [-0.1, -0.05) is 54.9 Å². The van der Waals surface area contributed by atoms with Crippen LogP contribution in [0.3, 0.4) is 0 Å². The predicted molar refractivity (Wildman–Crippen MR) is 207 cm³/mol. The van der Waals surface area contributed by atoms with E-state index in [9.17, 15) is 13.6 Å². The zero-order valence-electron chi connectivity index (χ0n) is 31.7. The van der Waals surface area contributed by atoms with Gasteiger partial charge in [0.15, 0.2) is 11.6 Å². The molecule has 3 atom stereocenters. The molecular formula is C40H44ClF3N8O4. The van der Waals surface area contributed by atoms with Gasteiger partial charge in [0.05, 0.1) is 36.7 Å². The second kappa shape index (κ2) is 17.1. The first-order valence-corrected chi connectivity index (χ1v) is 19.3. The molecule has 4 aliphatic heterocycles. The maximum Gasteiger partial charge on any atom is 0.318 e. The number of benzene rings is 2. The van der Waals surface area contributed by atoms with Crippen molar-refractivity contribution in [2.75, 3.05) is 58.5 Å². The topological polar surface area (TPSA) is 123 Å². The van der Waals surface area contributed by atoms with Crippen molar-refractivity contribution in [3.05, 3.63) is 71.0 Å². The molecule has 0 N–H and O–H groups in total. The molecule has 0 radical (unpaired) electrons. The number of anilines is 1. The Labute approximate surface area is 327 Å². The van der Waals surface area contributed by atoms with Gasteiger partial charge < -0.3 is 23.8 Å². The first-order chi connectivity index (χ1) is 27.2. The van der Waals surface area contributed by atoms with E-state index < -0.39 is 17.8 Å². The molecule has 12 nitrogen and oxygen atoms in total. The summed E-state index contributed by atoms with van der Waals surface area (Å²) in [7, 11) is 3.21. The molecule has 16 heteroatoms. The number of hydrogen-bond donors (Lipinski definition) is 0. The highest BCUT2D eigenvalue weighted by molar-refractivity contribution is 6.36. The molecular weight excluding hydrogens is 749 g/mol. The van der Waals surface area contributed by atoms with Crippen LogP contribution < -0.4 is 9.64 Å². The Balaban J connectivity index is 0.000000377. The fraction of sp³-hybridized carbons (Fsp3) is 0.450. The van der Waals surface area contributed by atoms with Gasteiger partial charge in [0.2, 0.25) is 5.91 Å². The Kier molecular flexibility index (Phi) is 12.0. The third-order valence-electron chi connectivity index (χ3n) is 10.7. The molecule has 9 rings (SSSR count). The summed E-state index contributed by atoms with van der Waals surface area (Å²) in [5.41, 5.74) is 0.281. The molecule has 4 aliphatic rings. The fourth-order valence-corrected chi connectivity index (χ4v) is 7.92. The Bertz CT molecular complexity index is 2230. The lowest BCUT2D eigenvalue weighted by molar-refractivity contribution is -0.124. The molecule has 56 heavy (non-hydrogen) atoms. The molecule has 5 aromatic rings. The molecule has 3 aromatic heterocycles. The molecule has 1 amide bonds. The minimum atomic E-state index is -0.724. The second-order valence-corrected chi connectivity index (χ2v) is 14.4. The zero-order valence-corrected chi connectivity index (χ0v) is 32.5. The van der Waals surface area contributed by atoms with Gasteiger partial charge in [0.1, 0.15) is 29.0 Å². The van der Waals surface area contributed by atoms with Crippen LogP contribution in [-0.4, -0.2) is 113 Å². The molecule has 0 spiro atoms. The van der Waals surface area contributed by atoms with E-state index in [1.54, 1.807) is 29.2 Å². The van der Waals surface area contributed by atoms with Gasteiger partial charge in [0.25, 0.3) is 5.89 Å². The van der Waals surface area contributed by atoms with Gasteiger partial charge in [-0.2, -0.15) is 15.0 Å². The molecule has 7 heterocycles. The number of halogens is 4. The maximum atomic E-state index is 16.3. The van der Waals surface area contributed by atoms with Crippen LogP contribution >= 0.6 is 11.6 Å². The lowest BCUT2D eigenvalue weighted by Crippen LogP contribution is -2.36. The summed E-state index contributed by atoms with van der Waals surface area (Å²) in [6.07, 6.45) is 7.85. The number of hydrogen-bond acceptors (Lipinski definition) is 11. The first kappa shape index (κ1) is 39.4. The average Bonchev–Trinajstić information content (AvgIpc) is 4.02. The van der Waals surface area contributed by atoms with Gasteiger partial charge in [-0.15, -0.1) is 0 Å². The number of likely N-dealkylation sites (N-methyl/N-ethyl adjacent to an activating group) is 1. The summed E-state index contributed by atoms with van der Waals surface area (Å²) in [4.78, 5) is 36.4. The van der Waals surface area contributed by atoms with Gasteiger partial charge in [-0.25, -0.2) is 13.2 Å². The number of likely N-dealkylation sites (tertiary alicyclic amines) is 1.